The fraction of sp³-hybridized carbons (Fsp3) is 0.588. The van der Waals surface area contributed by atoms with Crippen molar-refractivity contribution in [2.45, 2.75) is 52.6 Å². The second kappa shape index (κ2) is 8.54. The third kappa shape index (κ3) is 4.55. The predicted molar refractivity (Wildman–Crippen MR) is 92.0 cm³/mol. The van der Waals surface area contributed by atoms with E-state index in [4.69, 9.17) is 5.73 Å². The minimum absolute atomic E-state index is 0.0168. The molecule has 1 amide bonds. The molecule has 3 unspecified atom stereocenters. The number of nitrogens with two attached hydrogens (primary N) is 1. The monoisotopic (exact) mass is 354 g/mol. The van der Waals surface area contributed by atoms with Crippen molar-refractivity contribution in [3.05, 3.63) is 34.3 Å². The Morgan fingerprint density at radius 3 is 2.43 bits per heavy atom. The van der Waals surface area contributed by atoms with Gasteiger partial charge in [-0.25, -0.2) is 0 Å². The maximum Gasteiger partial charge on any atom is 0.240 e. The molecule has 0 aliphatic carbocycles. The summed E-state index contributed by atoms with van der Waals surface area (Å²) >= 11 is 3.58. The van der Waals surface area contributed by atoms with Crippen molar-refractivity contribution in [2.75, 3.05) is 6.54 Å². The van der Waals surface area contributed by atoms with Crippen molar-refractivity contribution >= 4 is 21.8 Å². The molecule has 2 N–H and O–H groups in total. The zero-order valence-corrected chi connectivity index (χ0v) is 15.1. The van der Waals surface area contributed by atoms with Gasteiger partial charge in [-0.3, -0.25) is 4.79 Å². The topological polar surface area (TPSA) is 46.3 Å². The maximum absolute atomic E-state index is 12.7. The van der Waals surface area contributed by atoms with Gasteiger partial charge in [0.05, 0.1) is 12.1 Å². The molecule has 0 aliphatic heterocycles. The molecule has 21 heavy (non-hydrogen) atoms. The molecular formula is C17H27BrN2O. The van der Waals surface area contributed by atoms with Gasteiger partial charge in [0.2, 0.25) is 5.91 Å². The molecule has 0 spiro atoms. The summed E-state index contributed by atoms with van der Waals surface area (Å²) in [7, 11) is 0. The van der Waals surface area contributed by atoms with E-state index in [0.29, 0.717) is 0 Å². The molecule has 0 saturated heterocycles. The number of hydrogen-bond donors (Lipinski definition) is 1. The van der Waals surface area contributed by atoms with Crippen LogP contribution in [0, 0.1) is 5.92 Å². The number of amides is 1. The predicted octanol–water partition coefficient (Wildman–Crippen LogP) is 4.12. The van der Waals surface area contributed by atoms with Crippen molar-refractivity contribution in [1.82, 2.24) is 4.90 Å². The van der Waals surface area contributed by atoms with Crippen molar-refractivity contribution < 1.29 is 4.79 Å². The lowest BCUT2D eigenvalue weighted by Crippen LogP contribution is -2.48. The van der Waals surface area contributed by atoms with Crippen LogP contribution in [0.5, 0.6) is 0 Å². The Hall–Kier alpha value is -0.870. The Balaban J connectivity index is 3.00. The number of halogens is 1. The fourth-order valence-corrected chi connectivity index (χ4v) is 3.02. The third-order valence-corrected chi connectivity index (χ3v) is 4.83. The van der Waals surface area contributed by atoms with Gasteiger partial charge in [0.25, 0.3) is 0 Å². The smallest absolute Gasteiger partial charge is 0.240 e. The highest BCUT2D eigenvalue weighted by Crippen LogP contribution is 2.28. The van der Waals surface area contributed by atoms with Gasteiger partial charge in [0, 0.05) is 11.0 Å². The third-order valence-electron chi connectivity index (χ3n) is 4.11. The maximum atomic E-state index is 12.7. The first-order valence-corrected chi connectivity index (χ1v) is 8.53. The summed E-state index contributed by atoms with van der Waals surface area (Å²) in [5.41, 5.74) is 7.27. The second-order valence-corrected chi connectivity index (χ2v) is 6.49. The molecule has 0 radical (unpaired) electrons. The molecule has 1 rings (SSSR count). The van der Waals surface area contributed by atoms with Gasteiger partial charge in [-0.15, -0.1) is 0 Å². The Kier molecular flexibility index (Phi) is 7.40. The van der Waals surface area contributed by atoms with E-state index in [2.05, 4.69) is 42.8 Å². The summed E-state index contributed by atoms with van der Waals surface area (Å²) in [6.07, 6.45) is 1.84. The average molecular weight is 355 g/mol. The van der Waals surface area contributed by atoms with Gasteiger partial charge in [0.15, 0.2) is 0 Å². The first-order chi connectivity index (χ1) is 9.93. The lowest BCUT2D eigenvalue weighted by Gasteiger charge is -2.33. The molecule has 3 nitrogen and oxygen atoms in total. The Labute approximate surface area is 137 Å². The minimum atomic E-state index is -0.425. The van der Waals surface area contributed by atoms with Gasteiger partial charge < -0.3 is 10.6 Å². The van der Waals surface area contributed by atoms with Crippen LogP contribution >= 0.6 is 15.9 Å². The summed E-state index contributed by atoms with van der Waals surface area (Å²) in [5.74, 6) is 0.248. The number of carbonyl (C=O) groups is 1. The van der Waals surface area contributed by atoms with E-state index in [-0.39, 0.29) is 17.9 Å². The molecule has 0 heterocycles. The summed E-state index contributed by atoms with van der Waals surface area (Å²) in [4.78, 5) is 14.7. The van der Waals surface area contributed by atoms with Crippen molar-refractivity contribution in [3.63, 3.8) is 0 Å². The quantitative estimate of drug-likeness (QED) is 0.800. The normalized spacial score (nSPS) is 15.3. The molecule has 0 saturated carbocycles. The van der Waals surface area contributed by atoms with Crippen molar-refractivity contribution in [1.29, 1.82) is 0 Å². The molecule has 1 aromatic carbocycles. The highest BCUT2D eigenvalue weighted by molar-refractivity contribution is 9.10. The van der Waals surface area contributed by atoms with Crippen molar-refractivity contribution in [3.8, 4) is 0 Å². The lowest BCUT2D eigenvalue weighted by molar-refractivity contribution is -0.136. The van der Waals surface area contributed by atoms with Gasteiger partial charge in [0.1, 0.15) is 0 Å². The zero-order chi connectivity index (χ0) is 16.0. The van der Waals surface area contributed by atoms with E-state index >= 15 is 0 Å². The minimum Gasteiger partial charge on any atom is -0.335 e. The number of rotatable bonds is 7. The number of benzene rings is 1. The molecule has 0 bridgehead atoms. The Morgan fingerprint density at radius 2 is 1.90 bits per heavy atom. The number of nitrogens with zero attached hydrogens (tertiary/aromatic N) is 1. The SMILES string of the molecule is CCCN(C(=O)C(N)C(C)CC)C(C)c1ccccc1Br. The van der Waals surface area contributed by atoms with Crippen LogP contribution in [0.15, 0.2) is 28.7 Å². The van der Waals surface area contributed by atoms with Crippen LogP contribution < -0.4 is 5.73 Å². The molecule has 4 heteroatoms. The molecule has 0 aliphatic rings. The summed E-state index contributed by atoms with van der Waals surface area (Å²) in [5, 5.41) is 0. The molecule has 0 aromatic heterocycles. The molecule has 118 valence electrons. The largest absolute Gasteiger partial charge is 0.335 e. The number of carbonyl (C=O) groups excluding carboxylic acids is 1. The van der Waals surface area contributed by atoms with E-state index in [0.717, 1.165) is 29.4 Å². The van der Waals surface area contributed by atoms with E-state index < -0.39 is 6.04 Å². The van der Waals surface area contributed by atoms with Crippen LogP contribution in [-0.2, 0) is 4.79 Å². The molecule has 0 fully saturated rings. The van der Waals surface area contributed by atoms with E-state index in [1.54, 1.807) is 0 Å². The highest BCUT2D eigenvalue weighted by Gasteiger charge is 2.28. The average Bonchev–Trinajstić information content (AvgIpc) is 2.50. The summed E-state index contributed by atoms with van der Waals surface area (Å²) < 4.78 is 1.03. The van der Waals surface area contributed by atoms with Crippen molar-refractivity contribution in [2.24, 2.45) is 11.7 Å². The standard InChI is InChI=1S/C17H27BrN2O/c1-5-11-20(17(21)16(19)12(3)6-2)13(4)14-9-7-8-10-15(14)18/h7-10,12-13,16H,5-6,11,19H2,1-4H3. The number of hydrogen-bond acceptors (Lipinski definition) is 2. The molecule has 3 atom stereocenters. The summed E-state index contributed by atoms with van der Waals surface area (Å²) in [6, 6.07) is 7.64. The van der Waals surface area contributed by atoms with Gasteiger partial charge in [-0.2, -0.15) is 0 Å². The van der Waals surface area contributed by atoms with Gasteiger partial charge in [-0.1, -0.05) is 61.3 Å². The van der Waals surface area contributed by atoms with Crippen LogP contribution in [0.4, 0.5) is 0 Å². The van der Waals surface area contributed by atoms with E-state index in [1.807, 2.05) is 30.0 Å². The fourth-order valence-electron chi connectivity index (χ4n) is 2.41. The van der Waals surface area contributed by atoms with Crippen LogP contribution in [0.1, 0.15) is 52.1 Å². The first kappa shape index (κ1) is 18.2. The highest BCUT2D eigenvalue weighted by atomic mass is 79.9. The molecular weight excluding hydrogens is 328 g/mol. The Bertz CT molecular complexity index is 464. The van der Waals surface area contributed by atoms with Crippen LogP contribution in [-0.4, -0.2) is 23.4 Å². The van der Waals surface area contributed by atoms with E-state index in [9.17, 15) is 4.79 Å². The van der Waals surface area contributed by atoms with E-state index in [1.165, 1.54) is 0 Å². The van der Waals surface area contributed by atoms with Crippen LogP contribution in [0.2, 0.25) is 0 Å². The lowest BCUT2D eigenvalue weighted by atomic mass is 9.97. The van der Waals surface area contributed by atoms with Crippen LogP contribution in [0.3, 0.4) is 0 Å². The molecule has 1 aromatic rings. The second-order valence-electron chi connectivity index (χ2n) is 5.64. The van der Waals surface area contributed by atoms with Gasteiger partial charge in [-0.05, 0) is 30.9 Å². The van der Waals surface area contributed by atoms with Crippen LogP contribution in [0.25, 0.3) is 0 Å². The zero-order valence-electron chi connectivity index (χ0n) is 13.5. The van der Waals surface area contributed by atoms with Gasteiger partial charge >= 0.3 is 0 Å². The summed E-state index contributed by atoms with van der Waals surface area (Å²) in [6.45, 7) is 8.99. The first-order valence-electron chi connectivity index (χ1n) is 7.74. The Morgan fingerprint density at radius 1 is 1.29 bits per heavy atom.